The maximum Gasteiger partial charge on any atom is 0.407 e. The van der Waals surface area contributed by atoms with E-state index in [1.165, 1.54) is 5.56 Å². The Morgan fingerprint density at radius 1 is 1.29 bits per heavy atom. The Kier molecular flexibility index (Phi) is 6.77. The summed E-state index contributed by atoms with van der Waals surface area (Å²) in [5, 5.41) is 9.38. The van der Waals surface area contributed by atoms with Crippen LogP contribution in [0.5, 0.6) is 5.75 Å². The van der Waals surface area contributed by atoms with Gasteiger partial charge in [-0.3, -0.25) is 0 Å². The van der Waals surface area contributed by atoms with Crippen LogP contribution in [0.1, 0.15) is 18.9 Å². The number of halogens is 1. The number of anilines is 1. The summed E-state index contributed by atoms with van der Waals surface area (Å²) < 4.78 is 5.43. The Balaban J connectivity index is 2.21. The minimum Gasteiger partial charge on any atom is -0.494 e. The van der Waals surface area contributed by atoms with E-state index in [9.17, 15) is 0 Å². The third-order valence-corrected chi connectivity index (χ3v) is 4.74. The van der Waals surface area contributed by atoms with Gasteiger partial charge in [0, 0.05) is 6.54 Å². The van der Waals surface area contributed by atoms with Crippen LogP contribution in [0.3, 0.4) is 0 Å². The Labute approximate surface area is 153 Å². The number of methoxy groups -OCH3 is 1. The SMILES string of the molecule is CCN(c1cc(Cl)c([N+]#N)cc1OC)C(S)CCc1ccccc1. The topological polar surface area (TPSA) is 40.6 Å². The summed E-state index contributed by atoms with van der Waals surface area (Å²) in [5.74, 6) is 0.604. The van der Waals surface area contributed by atoms with Crippen LogP contribution in [-0.2, 0) is 6.42 Å². The molecule has 0 aliphatic carbocycles. The molecule has 0 radical (unpaired) electrons. The zero-order chi connectivity index (χ0) is 17.5. The lowest BCUT2D eigenvalue weighted by Gasteiger charge is -2.30. The van der Waals surface area contributed by atoms with Gasteiger partial charge in [-0.1, -0.05) is 41.9 Å². The highest BCUT2D eigenvalue weighted by Gasteiger charge is 2.23. The van der Waals surface area contributed by atoms with E-state index in [1.54, 1.807) is 19.2 Å². The van der Waals surface area contributed by atoms with Gasteiger partial charge in [0.15, 0.2) is 4.98 Å². The van der Waals surface area contributed by atoms with Crippen LogP contribution in [0.25, 0.3) is 4.98 Å². The number of benzene rings is 2. The Morgan fingerprint density at radius 2 is 2.00 bits per heavy atom. The predicted octanol–water partition coefficient (Wildman–Crippen LogP) is 5.55. The highest BCUT2D eigenvalue weighted by molar-refractivity contribution is 7.81. The summed E-state index contributed by atoms with van der Waals surface area (Å²) in [4.78, 5) is 5.30. The first-order valence-corrected chi connectivity index (χ1v) is 8.71. The standard InChI is InChI=1S/C18H20ClN3OS/c1-3-22(18(24)10-9-13-7-5-4-6-8-13)16-11-14(19)15(21-20)12-17(16)23-2/h4-8,11-12,18H,3,9-10H2,1-2H3/p+1. The number of aryl methyl sites for hydroxylation is 1. The van der Waals surface area contributed by atoms with Gasteiger partial charge in [-0.15, -0.1) is 0 Å². The molecular formula is C18H21ClN3OS+. The Bertz CT molecular complexity index is 718. The number of hydrogen-bond donors (Lipinski definition) is 1. The number of nitrogens with zero attached hydrogens (tertiary/aromatic N) is 3. The monoisotopic (exact) mass is 362 g/mol. The highest BCUT2D eigenvalue weighted by Crippen LogP contribution is 2.39. The van der Waals surface area contributed by atoms with Crippen molar-refractivity contribution >= 4 is 35.6 Å². The molecule has 0 amide bonds. The summed E-state index contributed by atoms with van der Waals surface area (Å²) in [6.45, 7) is 2.81. The van der Waals surface area contributed by atoms with Gasteiger partial charge in [-0.25, -0.2) is 0 Å². The van der Waals surface area contributed by atoms with Crippen molar-refractivity contribution < 1.29 is 4.74 Å². The van der Waals surface area contributed by atoms with E-state index < -0.39 is 0 Å². The van der Waals surface area contributed by atoms with Crippen molar-refractivity contribution in [3.05, 3.63) is 58.0 Å². The first-order valence-electron chi connectivity index (χ1n) is 7.82. The highest BCUT2D eigenvalue weighted by atomic mass is 35.5. The van der Waals surface area contributed by atoms with Crippen LogP contribution < -0.4 is 9.64 Å². The van der Waals surface area contributed by atoms with Gasteiger partial charge in [0.1, 0.15) is 10.8 Å². The van der Waals surface area contributed by atoms with Crippen molar-refractivity contribution in [3.8, 4) is 5.75 Å². The molecule has 2 rings (SSSR count). The smallest absolute Gasteiger partial charge is 0.407 e. The van der Waals surface area contributed by atoms with Gasteiger partial charge >= 0.3 is 5.69 Å². The minimum atomic E-state index is 0.0112. The second-order valence-corrected chi connectivity index (χ2v) is 6.37. The summed E-state index contributed by atoms with van der Waals surface area (Å²) in [7, 11) is 1.58. The Morgan fingerprint density at radius 3 is 2.58 bits per heavy atom. The van der Waals surface area contributed by atoms with Gasteiger partial charge in [-0.05, 0) is 31.4 Å². The molecule has 0 N–H and O–H groups in total. The normalized spacial score (nSPS) is 11.6. The molecule has 24 heavy (non-hydrogen) atoms. The van der Waals surface area contributed by atoms with Gasteiger partial charge in [0.05, 0.1) is 24.2 Å². The van der Waals surface area contributed by atoms with E-state index >= 15 is 0 Å². The van der Waals surface area contributed by atoms with Crippen LogP contribution in [0.4, 0.5) is 11.4 Å². The van der Waals surface area contributed by atoms with Crippen LogP contribution in [0, 0.1) is 5.39 Å². The van der Waals surface area contributed by atoms with E-state index in [2.05, 4.69) is 28.9 Å². The fraction of sp³-hybridized carbons (Fsp3) is 0.333. The lowest BCUT2D eigenvalue weighted by molar-refractivity contribution is 0.414. The molecule has 0 fully saturated rings. The van der Waals surface area contributed by atoms with Gasteiger partial charge in [0.2, 0.25) is 5.39 Å². The number of diazo groups is 1. The van der Waals surface area contributed by atoms with E-state index in [0.717, 1.165) is 25.1 Å². The third-order valence-electron chi connectivity index (χ3n) is 3.90. The third kappa shape index (κ3) is 4.34. The average molecular weight is 363 g/mol. The number of thiol groups is 1. The van der Waals surface area contributed by atoms with Crippen molar-refractivity contribution in [2.24, 2.45) is 0 Å². The first kappa shape index (κ1) is 18.4. The van der Waals surface area contributed by atoms with Crippen molar-refractivity contribution in [2.45, 2.75) is 25.1 Å². The van der Waals surface area contributed by atoms with Gasteiger partial charge in [-0.2, -0.15) is 12.6 Å². The van der Waals surface area contributed by atoms with Crippen LogP contribution in [0.15, 0.2) is 42.5 Å². The zero-order valence-corrected chi connectivity index (χ0v) is 15.5. The van der Waals surface area contributed by atoms with Gasteiger partial charge in [0.25, 0.3) is 0 Å². The molecule has 0 aromatic heterocycles. The zero-order valence-electron chi connectivity index (χ0n) is 13.8. The summed E-state index contributed by atoms with van der Waals surface area (Å²) in [6, 6.07) is 13.7. The Hall–Kier alpha value is -1.90. The maximum absolute atomic E-state index is 9.00. The number of ether oxygens (including phenoxy) is 1. The van der Waals surface area contributed by atoms with Crippen LogP contribution in [0.2, 0.25) is 5.02 Å². The number of rotatable bonds is 7. The second-order valence-electron chi connectivity index (χ2n) is 5.37. The summed E-state index contributed by atoms with van der Waals surface area (Å²) in [5.41, 5.74) is 2.41. The molecule has 0 heterocycles. The molecule has 0 aliphatic rings. The van der Waals surface area contributed by atoms with Crippen molar-refractivity contribution in [3.63, 3.8) is 0 Å². The molecule has 126 valence electrons. The molecule has 0 saturated carbocycles. The van der Waals surface area contributed by atoms with Gasteiger partial charge < -0.3 is 9.64 Å². The first-order chi connectivity index (χ1) is 11.6. The van der Waals surface area contributed by atoms with E-state index in [1.807, 2.05) is 18.2 Å². The molecule has 2 aromatic carbocycles. The lowest BCUT2D eigenvalue weighted by atomic mass is 10.1. The largest absolute Gasteiger partial charge is 0.494 e. The molecule has 6 heteroatoms. The maximum atomic E-state index is 9.00. The number of hydrogen-bond acceptors (Lipinski definition) is 4. The fourth-order valence-electron chi connectivity index (χ4n) is 2.63. The van der Waals surface area contributed by atoms with Crippen LogP contribution >= 0.6 is 24.2 Å². The van der Waals surface area contributed by atoms with Crippen molar-refractivity contribution in [1.82, 2.24) is 0 Å². The lowest BCUT2D eigenvalue weighted by Crippen LogP contribution is -2.32. The average Bonchev–Trinajstić information content (AvgIpc) is 2.61. The van der Waals surface area contributed by atoms with Crippen molar-refractivity contribution in [1.29, 1.82) is 5.39 Å². The quantitative estimate of drug-likeness (QED) is 0.399. The fourth-order valence-corrected chi connectivity index (χ4v) is 3.25. The van der Waals surface area contributed by atoms with E-state index in [0.29, 0.717) is 10.8 Å². The molecule has 0 saturated heterocycles. The van der Waals surface area contributed by atoms with Crippen LogP contribution in [-0.4, -0.2) is 19.0 Å². The molecule has 1 atom stereocenters. The summed E-state index contributed by atoms with van der Waals surface area (Å²) in [6.07, 6.45) is 1.82. The second kappa shape index (κ2) is 8.81. The molecule has 0 bridgehead atoms. The minimum absolute atomic E-state index is 0.0112. The molecule has 0 spiro atoms. The molecule has 1 unspecified atom stereocenters. The van der Waals surface area contributed by atoms with E-state index in [4.69, 9.17) is 34.4 Å². The molecule has 4 nitrogen and oxygen atoms in total. The predicted molar refractivity (Wildman–Crippen MR) is 103 cm³/mol. The molecule has 2 aromatic rings. The van der Waals surface area contributed by atoms with E-state index in [-0.39, 0.29) is 11.1 Å². The molecule has 0 aliphatic heterocycles. The molecular weight excluding hydrogens is 342 g/mol. The van der Waals surface area contributed by atoms with Crippen molar-refractivity contribution in [2.75, 3.05) is 18.6 Å². The summed E-state index contributed by atoms with van der Waals surface area (Å²) >= 11 is 10.9.